The Hall–Kier alpha value is -1.80. The number of hydrogen-bond acceptors (Lipinski definition) is 2. The van der Waals surface area contributed by atoms with Gasteiger partial charge in [0.2, 0.25) is 10.0 Å². The quantitative estimate of drug-likeness (QED) is 0.795. The van der Waals surface area contributed by atoms with E-state index >= 15 is 0 Å². The van der Waals surface area contributed by atoms with Gasteiger partial charge in [-0.15, -0.1) is 0 Å². The van der Waals surface area contributed by atoms with Crippen LogP contribution in [0.5, 0.6) is 0 Å². The molecule has 0 N–H and O–H groups in total. The van der Waals surface area contributed by atoms with Gasteiger partial charge in [-0.05, 0) is 31.2 Å². The van der Waals surface area contributed by atoms with Crippen molar-refractivity contribution in [2.45, 2.75) is 24.4 Å². The second-order valence-electron chi connectivity index (χ2n) is 5.09. The van der Waals surface area contributed by atoms with Crippen molar-refractivity contribution >= 4 is 10.0 Å². The van der Waals surface area contributed by atoms with Gasteiger partial charge < -0.3 is 4.57 Å². The molecular weight excluding hydrogens is 317 g/mol. The summed E-state index contributed by atoms with van der Waals surface area (Å²) in [5.74, 6) is -4.89. The summed E-state index contributed by atoms with van der Waals surface area (Å²) in [7, 11) is -4.26. The lowest BCUT2D eigenvalue weighted by Gasteiger charge is -2.33. The first-order chi connectivity index (χ1) is 10.3. The Morgan fingerprint density at radius 2 is 1.82 bits per heavy atom. The highest BCUT2D eigenvalue weighted by molar-refractivity contribution is 7.89. The first kappa shape index (κ1) is 15.1. The van der Waals surface area contributed by atoms with Crippen molar-refractivity contribution in [3.63, 3.8) is 0 Å². The minimum absolute atomic E-state index is 0.129. The number of sulfonamides is 1. The molecular formula is C14H13F3N2O2S. The maximum Gasteiger partial charge on any atom is 0.246 e. The highest BCUT2D eigenvalue weighted by Gasteiger charge is 2.36. The predicted molar refractivity (Wildman–Crippen MR) is 73.1 cm³/mol. The molecule has 1 aromatic carbocycles. The van der Waals surface area contributed by atoms with Crippen molar-refractivity contribution in [1.29, 1.82) is 0 Å². The average Bonchev–Trinajstić information content (AvgIpc) is 2.94. The number of benzene rings is 1. The molecule has 2 heterocycles. The lowest BCUT2D eigenvalue weighted by molar-refractivity contribution is 0.281. The Balaban J connectivity index is 2.07. The Bertz CT molecular complexity index is 833. The molecule has 118 valence electrons. The molecule has 2 aromatic rings. The van der Waals surface area contributed by atoms with E-state index in [1.807, 2.05) is 10.8 Å². The molecule has 0 radical (unpaired) electrons. The van der Waals surface area contributed by atoms with Crippen molar-refractivity contribution in [3.05, 3.63) is 53.6 Å². The highest BCUT2D eigenvalue weighted by atomic mass is 32.2. The molecule has 0 unspecified atom stereocenters. The van der Waals surface area contributed by atoms with Gasteiger partial charge in [-0.25, -0.2) is 21.6 Å². The molecule has 0 fully saturated rings. The summed E-state index contributed by atoms with van der Waals surface area (Å²) >= 11 is 0. The number of nitrogens with zero attached hydrogens (tertiary/aromatic N) is 2. The van der Waals surface area contributed by atoms with E-state index in [1.54, 1.807) is 19.1 Å². The van der Waals surface area contributed by atoms with Gasteiger partial charge in [0.25, 0.3) is 0 Å². The standard InChI is InChI=1S/C14H13F3N2O2S/c1-9-11-3-2-6-18(11)7-8-19(9)22(20,21)12-5-4-10(15)13(16)14(12)17/h2-6,9H,7-8H2,1H3/t9-/m1/s1. The van der Waals surface area contributed by atoms with E-state index in [0.29, 0.717) is 12.6 Å². The van der Waals surface area contributed by atoms with Crippen LogP contribution in [0.1, 0.15) is 18.7 Å². The van der Waals surface area contributed by atoms with Crippen molar-refractivity contribution in [3.8, 4) is 0 Å². The molecule has 8 heteroatoms. The molecule has 0 amide bonds. The zero-order valence-corrected chi connectivity index (χ0v) is 12.4. The summed E-state index contributed by atoms with van der Waals surface area (Å²) in [6.07, 6.45) is 1.83. The second-order valence-corrected chi connectivity index (χ2v) is 6.95. The fourth-order valence-corrected chi connectivity index (χ4v) is 4.37. The fourth-order valence-electron chi connectivity index (χ4n) is 2.72. The monoisotopic (exact) mass is 330 g/mol. The zero-order valence-electron chi connectivity index (χ0n) is 11.6. The first-order valence-electron chi connectivity index (χ1n) is 6.64. The summed E-state index contributed by atoms with van der Waals surface area (Å²) in [6, 6.07) is 4.40. The third kappa shape index (κ3) is 2.14. The number of rotatable bonds is 2. The van der Waals surface area contributed by atoms with E-state index in [1.165, 1.54) is 0 Å². The van der Waals surface area contributed by atoms with Gasteiger partial charge in [0.15, 0.2) is 17.5 Å². The van der Waals surface area contributed by atoms with Crippen LogP contribution in [0.4, 0.5) is 13.2 Å². The molecule has 1 aliphatic rings. The minimum atomic E-state index is -4.26. The van der Waals surface area contributed by atoms with E-state index in [0.717, 1.165) is 16.1 Å². The van der Waals surface area contributed by atoms with Crippen molar-refractivity contribution in [1.82, 2.24) is 8.87 Å². The summed E-state index contributed by atoms with van der Waals surface area (Å²) < 4.78 is 68.4. The van der Waals surface area contributed by atoms with E-state index in [-0.39, 0.29) is 6.54 Å². The summed E-state index contributed by atoms with van der Waals surface area (Å²) in [5.41, 5.74) is 0.762. The maximum atomic E-state index is 13.9. The van der Waals surface area contributed by atoms with Crippen LogP contribution in [0.3, 0.4) is 0 Å². The van der Waals surface area contributed by atoms with E-state index < -0.39 is 38.4 Å². The number of aromatic nitrogens is 1. The van der Waals surface area contributed by atoms with Gasteiger partial charge in [-0.1, -0.05) is 0 Å². The van der Waals surface area contributed by atoms with Gasteiger partial charge in [-0.3, -0.25) is 0 Å². The van der Waals surface area contributed by atoms with Crippen LogP contribution in [-0.4, -0.2) is 23.8 Å². The molecule has 0 saturated carbocycles. The highest BCUT2D eigenvalue weighted by Crippen LogP contribution is 2.32. The average molecular weight is 330 g/mol. The van der Waals surface area contributed by atoms with Crippen LogP contribution >= 0.6 is 0 Å². The number of hydrogen-bond donors (Lipinski definition) is 0. The van der Waals surface area contributed by atoms with Gasteiger partial charge in [-0.2, -0.15) is 4.31 Å². The molecule has 0 spiro atoms. The molecule has 0 bridgehead atoms. The lowest BCUT2D eigenvalue weighted by Crippen LogP contribution is -2.41. The maximum absolute atomic E-state index is 13.9. The second kappa shape index (κ2) is 5.13. The summed E-state index contributed by atoms with van der Waals surface area (Å²) in [4.78, 5) is -0.849. The van der Waals surface area contributed by atoms with E-state index in [4.69, 9.17) is 0 Å². The van der Waals surface area contributed by atoms with Gasteiger partial charge in [0.1, 0.15) is 4.90 Å². The summed E-state index contributed by atoms with van der Waals surface area (Å²) in [5, 5.41) is 0. The fraction of sp³-hybridized carbons (Fsp3) is 0.286. The van der Waals surface area contributed by atoms with Gasteiger partial charge in [0.05, 0.1) is 6.04 Å². The lowest BCUT2D eigenvalue weighted by atomic mass is 10.2. The molecule has 4 nitrogen and oxygen atoms in total. The van der Waals surface area contributed by atoms with Crippen molar-refractivity contribution in [2.75, 3.05) is 6.54 Å². The predicted octanol–water partition coefficient (Wildman–Crippen LogP) is 2.67. The SMILES string of the molecule is C[C@@H]1c2cccn2CCN1S(=O)(=O)c1ccc(F)c(F)c1F. The minimum Gasteiger partial charge on any atom is -0.349 e. The molecule has 22 heavy (non-hydrogen) atoms. The Kier molecular flexibility index (Phi) is 3.53. The zero-order chi connectivity index (χ0) is 16.1. The third-order valence-electron chi connectivity index (χ3n) is 3.87. The van der Waals surface area contributed by atoms with Gasteiger partial charge >= 0.3 is 0 Å². The van der Waals surface area contributed by atoms with Crippen LogP contribution in [0.15, 0.2) is 35.4 Å². The van der Waals surface area contributed by atoms with Crippen LogP contribution in [0.25, 0.3) is 0 Å². The van der Waals surface area contributed by atoms with Crippen LogP contribution in [-0.2, 0) is 16.6 Å². The molecule has 0 aliphatic carbocycles. The van der Waals surface area contributed by atoms with Gasteiger partial charge in [0, 0.05) is 25.0 Å². The molecule has 3 rings (SSSR count). The molecule has 0 saturated heterocycles. The topological polar surface area (TPSA) is 42.3 Å². The van der Waals surface area contributed by atoms with E-state index in [9.17, 15) is 21.6 Å². The van der Waals surface area contributed by atoms with Crippen LogP contribution in [0, 0.1) is 17.5 Å². The smallest absolute Gasteiger partial charge is 0.246 e. The molecule has 1 aliphatic heterocycles. The summed E-state index contributed by atoms with van der Waals surface area (Å²) in [6.45, 7) is 2.21. The largest absolute Gasteiger partial charge is 0.349 e. The Morgan fingerprint density at radius 3 is 2.55 bits per heavy atom. The van der Waals surface area contributed by atoms with Crippen molar-refractivity contribution < 1.29 is 21.6 Å². The molecule has 1 aromatic heterocycles. The third-order valence-corrected chi connectivity index (χ3v) is 5.86. The Morgan fingerprint density at radius 1 is 1.09 bits per heavy atom. The Labute approximate surface area is 125 Å². The van der Waals surface area contributed by atoms with E-state index in [2.05, 4.69) is 0 Å². The molecule has 1 atom stereocenters. The number of halogens is 3. The van der Waals surface area contributed by atoms with Crippen LogP contribution < -0.4 is 0 Å². The number of fused-ring (bicyclic) bond motifs is 1. The first-order valence-corrected chi connectivity index (χ1v) is 8.08. The normalized spacial score (nSPS) is 19.2. The van der Waals surface area contributed by atoms with Crippen LogP contribution in [0.2, 0.25) is 0 Å². The van der Waals surface area contributed by atoms with Crippen molar-refractivity contribution in [2.24, 2.45) is 0 Å².